The van der Waals surface area contributed by atoms with Gasteiger partial charge in [-0.3, -0.25) is 0 Å². The minimum Gasteiger partial charge on any atom is -0.316 e. The third-order valence-corrected chi connectivity index (χ3v) is 10.6. The molecule has 0 atom stereocenters. The van der Waals surface area contributed by atoms with Crippen LogP contribution in [0.5, 0.6) is 0 Å². The maximum Gasteiger partial charge on any atom is 0.164 e. The predicted octanol–water partition coefficient (Wildman–Crippen LogP) is 12.4. The maximum absolute atomic E-state index is 4.96. The molecule has 4 heteroatoms. The summed E-state index contributed by atoms with van der Waals surface area (Å²) >= 11 is 0. The van der Waals surface area contributed by atoms with Crippen molar-refractivity contribution in [1.82, 2.24) is 19.5 Å². The summed E-state index contributed by atoms with van der Waals surface area (Å²) in [6, 6.07) is 62.2. The Hall–Kier alpha value is -7.17. The Kier molecular flexibility index (Phi) is 6.52. The first-order chi connectivity index (χ1) is 26.3. The second kappa shape index (κ2) is 11.7. The van der Waals surface area contributed by atoms with Crippen molar-refractivity contribution in [3.05, 3.63) is 182 Å². The van der Waals surface area contributed by atoms with Crippen molar-refractivity contribution >= 4 is 32.4 Å². The largest absolute Gasteiger partial charge is 0.316 e. The maximum atomic E-state index is 4.96. The van der Waals surface area contributed by atoms with E-state index in [1.54, 1.807) is 0 Å². The topological polar surface area (TPSA) is 43.6 Å². The molecule has 246 valence electrons. The van der Waals surface area contributed by atoms with E-state index in [-0.39, 0.29) is 0 Å². The molecule has 0 fully saturated rings. The zero-order valence-electron chi connectivity index (χ0n) is 28.6. The fraction of sp³-hybridized carbons (Fsp3) is 0. The summed E-state index contributed by atoms with van der Waals surface area (Å²) in [5.41, 5.74) is 12.7. The number of benzene rings is 8. The average molecular weight is 675 g/mol. The zero-order valence-corrected chi connectivity index (χ0v) is 28.6. The fourth-order valence-electron chi connectivity index (χ4n) is 8.26. The van der Waals surface area contributed by atoms with E-state index in [1.165, 1.54) is 65.8 Å². The fourth-order valence-corrected chi connectivity index (χ4v) is 8.26. The highest BCUT2D eigenvalue weighted by Gasteiger charge is 2.27. The minimum atomic E-state index is 0.642. The normalized spacial score (nSPS) is 11.8. The van der Waals surface area contributed by atoms with Crippen LogP contribution in [-0.2, 0) is 0 Å². The van der Waals surface area contributed by atoms with Crippen molar-refractivity contribution in [2.45, 2.75) is 0 Å². The first-order valence-electron chi connectivity index (χ1n) is 18.0. The van der Waals surface area contributed by atoms with Gasteiger partial charge in [-0.25, -0.2) is 15.0 Å². The van der Waals surface area contributed by atoms with Crippen LogP contribution in [0.3, 0.4) is 0 Å². The summed E-state index contributed by atoms with van der Waals surface area (Å²) < 4.78 is 2.33. The van der Waals surface area contributed by atoms with Gasteiger partial charge in [0.1, 0.15) is 0 Å². The molecule has 0 saturated carbocycles. The molecule has 4 nitrogen and oxygen atoms in total. The summed E-state index contributed by atoms with van der Waals surface area (Å²) in [7, 11) is 0. The molecule has 0 spiro atoms. The molecule has 1 aliphatic rings. The van der Waals surface area contributed by atoms with Crippen molar-refractivity contribution < 1.29 is 0 Å². The first kappa shape index (κ1) is 29.5. The second-order valence-electron chi connectivity index (χ2n) is 13.6. The molecule has 53 heavy (non-hydrogen) atoms. The van der Waals surface area contributed by atoms with Crippen LogP contribution in [0.1, 0.15) is 0 Å². The van der Waals surface area contributed by atoms with E-state index in [9.17, 15) is 0 Å². The van der Waals surface area contributed by atoms with Gasteiger partial charge in [0.2, 0.25) is 0 Å². The summed E-state index contributed by atoms with van der Waals surface area (Å²) in [5.74, 6) is 1.95. The summed E-state index contributed by atoms with van der Waals surface area (Å²) in [6.07, 6.45) is 2.32. The number of nitrogens with zero attached hydrogens (tertiary/aromatic N) is 4. The SMILES string of the molecule is c1ccc(-c2nc(-c3ccccc3)nc(-c3ccc(-n4cc5c6c(cccc64)-c4c(c6ccccc6c6ccccc46)-c4ccccc4-5)cc3)n2)cc1. The molecule has 0 amide bonds. The lowest BCUT2D eigenvalue weighted by Crippen LogP contribution is -2.00. The Labute approximate surface area is 306 Å². The third-order valence-electron chi connectivity index (χ3n) is 10.6. The molecule has 0 aliphatic heterocycles. The molecular weight excluding hydrogens is 645 g/mol. The molecular formula is C49H30N4. The van der Waals surface area contributed by atoms with Gasteiger partial charge in [-0.1, -0.05) is 146 Å². The van der Waals surface area contributed by atoms with Crippen molar-refractivity contribution in [2.24, 2.45) is 0 Å². The molecule has 1 aliphatic carbocycles. The van der Waals surface area contributed by atoms with Gasteiger partial charge >= 0.3 is 0 Å². The Balaban J connectivity index is 1.11. The van der Waals surface area contributed by atoms with Gasteiger partial charge in [0.25, 0.3) is 0 Å². The summed E-state index contributed by atoms with van der Waals surface area (Å²) in [6.45, 7) is 0. The molecule has 10 aromatic rings. The molecule has 8 aromatic carbocycles. The standard InChI is InChI=1S/C49H30N4/c1-3-14-31(15-4-1)47-50-48(32-16-5-2-6-17-32)52-49(51-47)33-26-28-34(29-27-33)53-30-42-37-20-9-12-23-40(37)45-38-21-10-7-18-35(38)36-19-8-11-22-39(36)46(45)41-24-13-25-43(53)44(41)42/h1-30H. The van der Waals surface area contributed by atoms with E-state index in [0.717, 1.165) is 22.4 Å². The lowest BCUT2D eigenvalue weighted by molar-refractivity contribution is 1.07. The van der Waals surface area contributed by atoms with Gasteiger partial charge in [0, 0.05) is 39.5 Å². The lowest BCUT2D eigenvalue weighted by atomic mass is 9.85. The molecule has 0 radical (unpaired) electrons. The van der Waals surface area contributed by atoms with Crippen molar-refractivity contribution in [2.75, 3.05) is 0 Å². The Morgan fingerprint density at radius 2 is 0.774 bits per heavy atom. The first-order valence-corrected chi connectivity index (χ1v) is 18.0. The smallest absolute Gasteiger partial charge is 0.164 e. The molecule has 0 saturated heterocycles. The van der Waals surface area contributed by atoms with E-state index in [1.807, 2.05) is 60.7 Å². The highest BCUT2D eigenvalue weighted by molar-refractivity contribution is 6.27. The molecule has 2 heterocycles. The minimum absolute atomic E-state index is 0.642. The Morgan fingerprint density at radius 3 is 1.36 bits per heavy atom. The van der Waals surface area contributed by atoms with Crippen LogP contribution in [0, 0.1) is 0 Å². The van der Waals surface area contributed by atoms with E-state index in [0.29, 0.717) is 17.5 Å². The van der Waals surface area contributed by atoms with Crippen molar-refractivity contribution in [3.8, 4) is 73.2 Å². The molecule has 11 rings (SSSR count). The van der Waals surface area contributed by atoms with E-state index >= 15 is 0 Å². The third kappa shape index (κ3) is 4.59. The van der Waals surface area contributed by atoms with Gasteiger partial charge in [-0.15, -0.1) is 0 Å². The van der Waals surface area contributed by atoms with Crippen LogP contribution in [-0.4, -0.2) is 19.5 Å². The number of hydrogen-bond donors (Lipinski definition) is 0. The van der Waals surface area contributed by atoms with Gasteiger partial charge in [-0.2, -0.15) is 0 Å². The van der Waals surface area contributed by atoms with Crippen LogP contribution >= 0.6 is 0 Å². The summed E-state index contributed by atoms with van der Waals surface area (Å²) in [5, 5.41) is 6.38. The van der Waals surface area contributed by atoms with Crippen molar-refractivity contribution in [3.63, 3.8) is 0 Å². The van der Waals surface area contributed by atoms with Gasteiger partial charge in [0.15, 0.2) is 17.5 Å². The highest BCUT2D eigenvalue weighted by Crippen LogP contribution is 2.53. The number of fused-ring (bicyclic) bond motifs is 10. The van der Waals surface area contributed by atoms with Gasteiger partial charge in [-0.05, 0) is 79.7 Å². The predicted molar refractivity (Wildman–Crippen MR) is 218 cm³/mol. The number of aromatic nitrogens is 4. The molecule has 0 bridgehead atoms. The van der Waals surface area contributed by atoms with Gasteiger partial charge < -0.3 is 4.57 Å². The van der Waals surface area contributed by atoms with Gasteiger partial charge in [0.05, 0.1) is 5.52 Å². The highest BCUT2D eigenvalue weighted by atomic mass is 15.0. The molecule has 0 N–H and O–H groups in total. The Morgan fingerprint density at radius 1 is 0.321 bits per heavy atom. The zero-order chi connectivity index (χ0) is 34.9. The molecule has 2 aromatic heterocycles. The average Bonchev–Trinajstić information content (AvgIpc) is 3.58. The van der Waals surface area contributed by atoms with E-state index in [2.05, 4.69) is 126 Å². The second-order valence-corrected chi connectivity index (χ2v) is 13.6. The molecule has 0 unspecified atom stereocenters. The Bertz CT molecular complexity index is 2980. The monoisotopic (exact) mass is 674 g/mol. The van der Waals surface area contributed by atoms with Crippen LogP contribution in [0.2, 0.25) is 0 Å². The summed E-state index contributed by atoms with van der Waals surface area (Å²) in [4.78, 5) is 14.8. The number of rotatable bonds is 4. The number of hydrogen-bond acceptors (Lipinski definition) is 3. The van der Waals surface area contributed by atoms with E-state index in [4.69, 9.17) is 15.0 Å². The van der Waals surface area contributed by atoms with E-state index < -0.39 is 0 Å². The van der Waals surface area contributed by atoms with Crippen LogP contribution in [0.25, 0.3) is 106 Å². The lowest BCUT2D eigenvalue weighted by Gasteiger charge is -2.18. The van der Waals surface area contributed by atoms with Crippen molar-refractivity contribution in [1.29, 1.82) is 0 Å². The van der Waals surface area contributed by atoms with Crippen LogP contribution in [0.15, 0.2) is 182 Å². The van der Waals surface area contributed by atoms with Crippen LogP contribution < -0.4 is 0 Å². The quantitative estimate of drug-likeness (QED) is 0.175. The van der Waals surface area contributed by atoms with Crippen LogP contribution in [0.4, 0.5) is 0 Å².